The number of anilines is 1. The lowest BCUT2D eigenvalue weighted by molar-refractivity contribution is -0.158. The Morgan fingerprint density at radius 1 is 0.912 bits per heavy atom. The van der Waals surface area contributed by atoms with E-state index in [0.717, 1.165) is 42.8 Å². The summed E-state index contributed by atoms with van der Waals surface area (Å²) in [6.07, 6.45) is 8.90. The van der Waals surface area contributed by atoms with Gasteiger partial charge in [-0.1, -0.05) is 5.21 Å². The van der Waals surface area contributed by atoms with E-state index in [9.17, 15) is 9.18 Å². The first-order valence-electron chi connectivity index (χ1n) is 12.4. The number of fused-ring (bicyclic) bond motifs is 1. The highest BCUT2D eigenvalue weighted by Gasteiger charge is 2.55. The van der Waals surface area contributed by atoms with Gasteiger partial charge in [0.25, 0.3) is 0 Å². The number of hydrogen-bond acceptors (Lipinski definition) is 6. The van der Waals surface area contributed by atoms with Crippen molar-refractivity contribution in [3.05, 3.63) is 36.4 Å². The van der Waals surface area contributed by atoms with E-state index in [1.807, 2.05) is 0 Å². The number of aromatic nitrogens is 5. The van der Waals surface area contributed by atoms with Crippen molar-refractivity contribution < 1.29 is 9.18 Å². The second-order valence-electron chi connectivity index (χ2n) is 10.8. The largest absolute Gasteiger partial charge is 0.351 e. The Labute approximate surface area is 197 Å². The van der Waals surface area contributed by atoms with Crippen LogP contribution in [0.1, 0.15) is 38.5 Å². The van der Waals surface area contributed by atoms with Gasteiger partial charge < -0.3 is 9.80 Å². The Morgan fingerprint density at radius 3 is 2.21 bits per heavy atom. The molecule has 0 unspecified atom stereocenters. The molecule has 2 aromatic heterocycles. The molecule has 0 radical (unpaired) electrons. The van der Waals surface area contributed by atoms with Crippen molar-refractivity contribution in [2.75, 3.05) is 31.1 Å². The van der Waals surface area contributed by atoms with E-state index in [4.69, 9.17) is 0 Å². The van der Waals surface area contributed by atoms with Gasteiger partial charge in [-0.15, -0.1) is 5.10 Å². The molecule has 9 heteroatoms. The summed E-state index contributed by atoms with van der Waals surface area (Å²) >= 11 is 0. The zero-order valence-electron chi connectivity index (χ0n) is 19.1. The third kappa shape index (κ3) is 3.12. The van der Waals surface area contributed by atoms with E-state index in [-0.39, 0.29) is 11.2 Å². The van der Waals surface area contributed by atoms with Crippen LogP contribution in [0.25, 0.3) is 16.9 Å². The highest BCUT2D eigenvalue weighted by Crippen LogP contribution is 2.60. The van der Waals surface area contributed by atoms with Crippen LogP contribution < -0.4 is 4.90 Å². The average molecular weight is 462 g/mol. The van der Waals surface area contributed by atoms with Gasteiger partial charge in [0.05, 0.1) is 11.1 Å². The number of halogens is 1. The minimum Gasteiger partial charge on any atom is -0.351 e. The van der Waals surface area contributed by atoms with Crippen molar-refractivity contribution in [2.24, 2.45) is 23.2 Å². The lowest BCUT2D eigenvalue weighted by Crippen LogP contribution is -2.58. The van der Waals surface area contributed by atoms with E-state index < -0.39 is 0 Å². The van der Waals surface area contributed by atoms with Gasteiger partial charge in [0.15, 0.2) is 17.0 Å². The lowest BCUT2D eigenvalue weighted by Gasteiger charge is -2.57. The molecule has 1 saturated heterocycles. The predicted octanol–water partition coefficient (Wildman–Crippen LogP) is 3.21. The summed E-state index contributed by atoms with van der Waals surface area (Å²) in [5, 5.41) is 8.60. The molecule has 4 saturated carbocycles. The van der Waals surface area contributed by atoms with Crippen molar-refractivity contribution in [3.63, 3.8) is 0 Å². The fraction of sp³-hybridized carbons (Fsp3) is 0.560. The summed E-state index contributed by atoms with van der Waals surface area (Å²) < 4.78 is 14.9. The molecule has 1 aliphatic heterocycles. The summed E-state index contributed by atoms with van der Waals surface area (Å²) in [5.74, 6) is 3.16. The Hall–Kier alpha value is -3.10. The van der Waals surface area contributed by atoms with Gasteiger partial charge in [0, 0.05) is 26.2 Å². The number of carbonyl (C=O) groups is 1. The number of amides is 1. The van der Waals surface area contributed by atoms with Crippen LogP contribution in [0, 0.1) is 29.0 Å². The second-order valence-corrected chi connectivity index (χ2v) is 10.8. The van der Waals surface area contributed by atoms with Gasteiger partial charge in [0.2, 0.25) is 5.91 Å². The Bertz CT molecular complexity index is 1210. The SMILES string of the molecule is O=C(N1CCN(c2ncnc3c2nnn3-c2ccc(F)cc2)CC1)C12CC3CC(CC(C3)C1)C2. The van der Waals surface area contributed by atoms with Gasteiger partial charge >= 0.3 is 0 Å². The zero-order valence-corrected chi connectivity index (χ0v) is 19.1. The molecule has 0 spiro atoms. The van der Waals surface area contributed by atoms with Crippen LogP contribution >= 0.6 is 0 Å². The number of piperazine rings is 1. The van der Waals surface area contributed by atoms with Gasteiger partial charge in [-0.05, 0) is 80.5 Å². The molecule has 4 aliphatic carbocycles. The minimum atomic E-state index is -0.301. The third-order valence-corrected chi connectivity index (χ3v) is 8.65. The standard InChI is InChI=1S/C25H28FN7O/c26-19-1-3-20(4-2-19)33-23-21(29-30-33)22(27-15-28-23)31-5-7-32(8-6-31)24(34)25-12-16-9-17(13-25)11-18(10-16)14-25/h1-4,15-18H,5-14H2. The van der Waals surface area contributed by atoms with Crippen LogP contribution in [0.2, 0.25) is 0 Å². The van der Waals surface area contributed by atoms with Gasteiger partial charge in [-0.3, -0.25) is 4.79 Å². The van der Waals surface area contributed by atoms with Crippen molar-refractivity contribution in [3.8, 4) is 5.69 Å². The Morgan fingerprint density at radius 2 is 1.56 bits per heavy atom. The van der Waals surface area contributed by atoms with Gasteiger partial charge in [-0.25, -0.2) is 14.4 Å². The van der Waals surface area contributed by atoms with Crippen molar-refractivity contribution in [1.29, 1.82) is 0 Å². The maximum Gasteiger partial charge on any atom is 0.228 e. The van der Waals surface area contributed by atoms with Crippen LogP contribution in [0.3, 0.4) is 0 Å². The summed E-state index contributed by atoms with van der Waals surface area (Å²) in [4.78, 5) is 26.9. The Kier molecular flexibility index (Phi) is 4.45. The summed E-state index contributed by atoms with van der Waals surface area (Å²) in [6, 6.07) is 6.09. The van der Waals surface area contributed by atoms with E-state index in [1.165, 1.54) is 37.7 Å². The van der Waals surface area contributed by atoms with Crippen molar-refractivity contribution in [2.45, 2.75) is 38.5 Å². The number of carbonyl (C=O) groups excluding carboxylic acids is 1. The van der Waals surface area contributed by atoms with Crippen LogP contribution in [0.15, 0.2) is 30.6 Å². The second kappa shape index (κ2) is 7.45. The van der Waals surface area contributed by atoms with E-state index in [2.05, 4.69) is 30.1 Å². The van der Waals surface area contributed by atoms with Gasteiger partial charge in [0.1, 0.15) is 12.1 Å². The number of benzene rings is 1. The molecular formula is C25H28FN7O. The van der Waals surface area contributed by atoms with E-state index >= 15 is 0 Å². The van der Waals surface area contributed by atoms with E-state index in [1.54, 1.807) is 16.8 Å². The number of rotatable bonds is 3. The fourth-order valence-electron chi connectivity index (χ4n) is 7.55. The molecular weight excluding hydrogens is 433 g/mol. The molecule has 34 heavy (non-hydrogen) atoms. The first kappa shape index (κ1) is 20.3. The molecule has 176 valence electrons. The molecule has 3 heterocycles. The lowest BCUT2D eigenvalue weighted by atomic mass is 9.49. The molecule has 1 amide bonds. The highest BCUT2D eigenvalue weighted by atomic mass is 19.1. The predicted molar refractivity (Wildman–Crippen MR) is 124 cm³/mol. The first-order chi connectivity index (χ1) is 16.6. The maximum atomic E-state index is 13.7. The Balaban J connectivity index is 1.10. The average Bonchev–Trinajstić information content (AvgIpc) is 3.28. The highest BCUT2D eigenvalue weighted by molar-refractivity contribution is 5.85. The third-order valence-electron chi connectivity index (χ3n) is 8.65. The van der Waals surface area contributed by atoms with Crippen molar-refractivity contribution >= 4 is 22.9 Å². The van der Waals surface area contributed by atoms with Crippen molar-refractivity contribution in [1.82, 2.24) is 29.9 Å². The molecule has 1 aromatic carbocycles. The molecule has 8 nitrogen and oxygen atoms in total. The van der Waals surface area contributed by atoms with Crippen LogP contribution in [0.5, 0.6) is 0 Å². The van der Waals surface area contributed by atoms with Gasteiger partial charge in [-0.2, -0.15) is 4.68 Å². The molecule has 4 bridgehead atoms. The number of hydrogen-bond donors (Lipinski definition) is 0. The number of nitrogens with zero attached hydrogens (tertiary/aromatic N) is 7. The molecule has 0 atom stereocenters. The smallest absolute Gasteiger partial charge is 0.228 e. The fourth-order valence-corrected chi connectivity index (χ4v) is 7.55. The van der Waals surface area contributed by atoms with Crippen LogP contribution in [-0.4, -0.2) is 61.9 Å². The topological polar surface area (TPSA) is 80.0 Å². The van der Waals surface area contributed by atoms with Crippen LogP contribution in [0.4, 0.5) is 10.2 Å². The van der Waals surface area contributed by atoms with Crippen LogP contribution in [-0.2, 0) is 4.79 Å². The first-order valence-corrected chi connectivity index (χ1v) is 12.4. The normalized spacial score (nSPS) is 30.3. The van der Waals surface area contributed by atoms with E-state index in [0.29, 0.717) is 48.9 Å². The quantitative estimate of drug-likeness (QED) is 0.596. The summed E-state index contributed by atoms with van der Waals surface area (Å²) in [7, 11) is 0. The maximum absolute atomic E-state index is 13.7. The molecule has 5 aliphatic rings. The molecule has 8 rings (SSSR count). The summed E-state index contributed by atoms with van der Waals surface area (Å²) in [6.45, 7) is 2.84. The molecule has 3 aromatic rings. The zero-order chi connectivity index (χ0) is 22.9. The summed E-state index contributed by atoms with van der Waals surface area (Å²) in [5.41, 5.74) is 1.81. The minimum absolute atomic E-state index is 0.0864. The molecule has 0 N–H and O–H groups in total. The molecule has 5 fully saturated rings. The monoisotopic (exact) mass is 461 g/mol.